The summed E-state index contributed by atoms with van der Waals surface area (Å²) < 4.78 is 0. The van der Waals surface area contributed by atoms with Crippen molar-refractivity contribution in [3.63, 3.8) is 0 Å². The molecule has 0 aliphatic heterocycles. The maximum atomic E-state index is 11.3. The van der Waals surface area contributed by atoms with Crippen LogP contribution in [0, 0.1) is 0 Å². The molecule has 0 rings (SSSR count). The fourth-order valence-electron chi connectivity index (χ4n) is 1.22. The minimum Gasteiger partial charge on any atom is -0.356 e. The summed E-state index contributed by atoms with van der Waals surface area (Å²) in [7, 11) is 0. The number of rotatable bonds is 10. The van der Waals surface area contributed by atoms with E-state index in [2.05, 4.69) is 22.9 Å². The van der Waals surface area contributed by atoms with Crippen LogP contribution in [0.2, 0.25) is 0 Å². The fraction of sp³-hybridized carbons (Fsp3) is 0.833. The highest BCUT2D eigenvalue weighted by Gasteiger charge is 2.01. The van der Waals surface area contributed by atoms with Crippen LogP contribution in [0.4, 0.5) is 0 Å². The minimum atomic E-state index is -0.00702. The lowest BCUT2D eigenvalue weighted by atomic mass is 10.3. The Morgan fingerprint density at radius 1 is 0.882 bits per heavy atom. The van der Waals surface area contributed by atoms with Gasteiger partial charge in [0.15, 0.2) is 0 Å². The van der Waals surface area contributed by atoms with E-state index in [0.29, 0.717) is 13.0 Å². The smallest absolute Gasteiger partial charge is 0.233 e. The summed E-state index contributed by atoms with van der Waals surface area (Å²) in [6, 6.07) is 0. The predicted octanol–water partition coefficient (Wildman–Crippen LogP) is 0.409. The second kappa shape index (κ2) is 11.4. The molecule has 0 unspecified atom stereocenters. The van der Waals surface area contributed by atoms with Crippen LogP contribution in [-0.4, -0.2) is 38.0 Å². The molecule has 0 radical (unpaired) electrons. The largest absolute Gasteiger partial charge is 0.356 e. The summed E-state index contributed by atoms with van der Waals surface area (Å²) in [6.45, 7) is 6.37. The molecule has 0 saturated heterocycles. The standard InChI is InChI=1S/C12H25N3O2/c1-3-5-8-15-12(17)10-13-9-6-11(16)14-7-4-2/h13H,3-10H2,1-2H3,(H,14,16)(H,15,17). The number of nitrogens with one attached hydrogen (secondary N) is 3. The number of carbonyl (C=O) groups is 2. The van der Waals surface area contributed by atoms with Crippen LogP contribution in [0.1, 0.15) is 39.5 Å². The molecule has 3 N–H and O–H groups in total. The van der Waals surface area contributed by atoms with Gasteiger partial charge in [0.25, 0.3) is 0 Å². The minimum absolute atomic E-state index is 0.00702. The molecule has 0 atom stereocenters. The summed E-state index contributed by atoms with van der Waals surface area (Å²) in [5.74, 6) is 0.0261. The zero-order chi connectivity index (χ0) is 12.9. The first-order valence-electron chi connectivity index (χ1n) is 6.44. The third-order valence-corrected chi connectivity index (χ3v) is 2.24. The lowest BCUT2D eigenvalue weighted by molar-refractivity contribution is -0.122. The van der Waals surface area contributed by atoms with Gasteiger partial charge in [-0.05, 0) is 12.8 Å². The van der Waals surface area contributed by atoms with Crippen molar-refractivity contribution in [3.8, 4) is 0 Å². The number of amides is 2. The van der Waals surface area contributed by atoms with Gasteiger partial charge >= 0.3 is 0 Å². The van der Waals surface area contributed by atoms with E-state index in [1.165, 1.54) is 0 Å². The van der Waals surface area contributed by atoms with E-state index in [1.54, 1.807) is 0 Å². The predicted molar refractivity (Wildman–Crippen MR) is 68.7 cm³/mol. The highest BCUT2D eigenvalue weighted by atomic mass is 16.2. The molecule has 0 aliphatic carbocycles. The molecule has 0 aromatic heterocycles. The molecule has 0 saturated carbocycles. The summed E-state index contributed by atoms with van der Waals surface area (Å²) in [5, 5.41) is 8.53. The first-order chi connectivity index (χ1) is 8.20. The molecule has 100 valence electrons. The van der Waals surface area contributed by atoms with E-state index in [4.69, 9.17) is 0 Å². The average molecular weight is 243 g/mol. The van der Waals surface area contributed by atoms with Gasteiger partial charge in [-0.25, -0.2) is 0 Å². The molecule has 0 bridgehead atoms. The monoisotopic (exact) mass is 243 g/mol. The van der Waals surface area contributed by atoms with Crippen molar-refractivity contribution in [1.29, 1.82) is 0 Å². The molecule has 0 heterocycles. The number of carbonyl (C=O) groups excluding carboxylic acids is 2. The van der Waals surface area contributed by atoms with Gasteiger partial charge in [0.05, 0.1) is 6.54 Å². The van der Waals surface area contributed by atoms with Crippen LogP contribution in [0.5, 0.6) is 0 Å². The van der Waals surface area contributed by atoms with Crippen LogP contribution in [0.25, 0.3) is 0 Å². The summed E-state index contributed by atoms with van der Waals surface area (Å²) >= 11 is 0. The summed E-state index contributed by atoms with van der Waals surface area (Å²) in [5.41, 5.74) is 0. The van der Waals surface area contributed by atoms with Gasteiger partial charge in [-0.2, -0.15) is 0 Å². The molecule has 2 amide bonds. The molecule has 5 heteroatoms. The van der Waals surface area contributed by atoms with Crippen LogP contribution < -0.4 is 16.0 Å². The van der Waals surface area contributed by atoms with Crippen LogP contribution in [0.3, 0.4) is 0 Å². The Morgan fingerprint density at radius 2 is 1.59 bits per heavy atom. The second-order valence-corrected chi connectivity index (χ2v) is 3.98. The van der Waals surface area contributed by atoms with E-state index in [9.17, 15) is 9.59 Å². The van der Waals surface area contributed by atoms with Gasteiger partial charge in [-0.15, -0.1) is 0 Å². The molecular weight excluding hydrogens is 218 g/mol. The van der Waals surface area contributed by atoms with E-state index in [0.717, 1.165) is 32.4 Å². The van der Waals surface area contributed by atoms with Crippen molar-refractivity contribution in [2.24, 2.45) is 0 Å². The van der Waals surface area contributed by atoms with Crippen LogP contribution >= 0.6 is 0 Å². The van der Waals surface area contributed by atoms with Gasteiger partial charge in [0.2, 0.25) is 11.8 Å². The SMILES string of the molecule is CCCCNC(=O)CNCCC(=O)NCCC. The molecule has 5 nitrogen and oxygen atoms in total. The highest BCUT2D eigenvalue weighted by Crippen LogP contribution is 1.82. The second-order valence-electron chi connectivity index (χ2n) is 3.98. The normalized spacial score (nSPS) is 10.0. The van der Waals surface area contributed by atoms with Gasteiger partial charge in [-0.3, -0.25) is 9.59 Å². The molecular formula is C12H25N3O2. The van der Waals surface area contributed by atoms with Gasteiger partial charge < -0.3 is 16.0 Å². The molecule has 0 fully saturated rings. The Hall–Kier alpha value is -1.10. The van der Waals surface area contributed by atoms with Crippen molar-refractivity contribution in [2.75, 3.05) is 26.2 Å². The number of hydrogen-bond donors (Lipinski definition) is 3. The molecule has 0 aromatic rings. The lowest BCUT2D eigenvalue weighted by Gasteiger charge is -2.06. The third-order valence-electron chi connectivity index (χ3n) is 2.24. The van der Waals surface area contributed by atoms with Crippen molar-refractivity contribution in [3.05, 3.63) is 0 Å². The zero-order valence-electron chi connectivity index (χ0n) is 11.0. The van der Waals surface area contributed by atoms with Gasteiger partial charge in [-0.1, -0.05) is 20.3 Å². The van der Waals surface area contributed by atoms with E-state index < -0.39 is 0 Å². The van der Waals surface area contributed by atoms with Crippen molar-refractivity contribution in [1.82, 2.24) is 16.0 Å². The van der Waals surface area contributed by atoms with E-state index >= 15 is 0 Å². The van der Waals surface area contributed by atoms with Crippen molar-refractivity contribution in [2.45, 2.75) is 39.5 Å². The molecule has 0 spiro atoms. The Labute approximate surface area is 104 Å². The zero-order valence-corrected chi connectivity index (χ0v) is 11.0. The maximum Gasteiger partial charge on any atom is 0.233 e. The maximum absolute atomic E-state index is 11.3. The highest BCUT2D eigenvalue weighted by molar-refractivity contribution is 5.78. The first-order valence-corrected chi connectivity index (χ1v) is 6.44. The van der Waals surface area contributed by atoms with Crippen LogP contribution in [0.15, 0.2) is 0 Å². The lowest BCUT2D eigenvalue weighted by Crippen LogP contribution is -2.36. The van der Waals surface area contributed by atoms with Crippen molar-refractivity contribution < 1.29 is 9.59 Å². The Kier molecular flexibility index (Phi) is 10.7. The summed E-state index contributed by atoms with van der Waals surface area (Å²) in [4.78, 5) is 22.5. The van der Waals surface area contributed by atoms with E-state index in [1.807, 2.05) is 6.92 Å². The van der Waals surface area contributed by atoms with Gasteiger partial charge in [0.1, 0.15) is 0 Å². The number of unbranched alkanes of at least 4 members (excludes halogenated alkanes) is 1. The third kappa shape index (κ3) is 11.2. The molecule has 0 aliphatic rings. The first kappa shape index (κ1) is 15.9. The number of hydrogen-bond acceptors (Lipinski definition) is 3. The average Bonchev–Trinajstić information content (AvgIpc) is 2.32. The Bertz CT molecular complexity index is 220. The molecule has 17 heavy (non-hydrogen) atoms. The Balaban J connectivity index is 3.32. The summed E-state index contributed by atoms with van der Waals surface area (Å²) in [6.07, 6.45) is 3.44. The van der Waals surface area contributed by atoms with Crippen LogP contribution in [-0.2, 0) is 9.59 Å². The topological polar surface area (TPSA) is 70.2 Å². The van der Waals surface area contributed by atoms with Crippen molar-refractivity contribution >= 4 is 11.8 Å². The quantitative estimate of drug-likeness (QED) is 0.487. The van der Waals surface area contributed by atoms with E-state index in [-0.39, 0.29) is 18.4 Å². The van der Waals surface area contributed by atoms with Gasteiger partial charge in [0, 0.05) is 26.1 Å². The Morgan fingerprint density at radius 3 is 2.24 bits per heavy atom. The molecule has 0 aromatic carbocycles. The fourth-order valence-corrected chi connectivity index (χ4v) is 1.22.